The van der Waals surface area contributed by atoms with E-state index in [9.17, 15) is 4.79 Å². The molecule has 0 atom stereocenters. The Morgan fingerprint density at radius 2 is 1.93 bits per heavy atom. The number of carbonyl (C=O) groups is 1. The summed E-state index contributed by atoms with van der Waals surface area (Å²) >= 11 is 0. The number of hydrogen-bond acceptors (Lipinski definition) is 1. The summed E-state index contributed by atoms with van der Waals surface area (Å²) < 4.78 is 1.90. The Bertz CT molecular complexity index is 430. The zero-order chi connectivity index (χ0) is 11.4. The van der Waals surface area contributed by atoms with Gasteiger partial charge in [0.05, 0.1) is 0 Å². The van der Waals surface area contributed by atoms with E-state index in [1.54, 1.807) is 13.0 Å². The molecule has 0 N–H and O–H groups in total. The highest BCUT2D eigenvalue weighted by Gasteiger charge is 2.16. The second kappa shape index (κ2) is 4.69. The normalized spacial score (nSPS) is 11.3. The zero-order valence-electron chi connectivity index (χ0n) is 9.45. The first-order valence-electron chi connectivity index (χ1n) is 4.87. The molecule has 0 amide bonds. The standard InChI is InChI=1S/C13H16NO/c1-5-7-10(2)12-8-6-9-13(11(3)15)14(12)4/h5-9H,1H2,2-4H3/q+1. The van der Waals surface area contributed by atoms with Crippen molar-refractivity contribution in [1.29, 1.82) is 0 Å². The summed E-state index contributed by atoms with van der Waals surface area (Å²) in [4.78, 5) is 11.3. The predicted molar refractivity (Wildman–Crippen MR) is 61.5 cm³/mol. The summed E-state index contributed by atoms with van der Waals surface area (Å²) in [7, 11) is 1.90. The molecule has 0 aliphatic carbocycles. The molecule has 0 fully saturated rings. The summed E-state index contributed by atoms with van der Waals surface area (Å²) in [6.07, 6.45) is 3.68. The summed E-state index contributed by atoms with van der Waals surface area (Å²) in [6.45, 7) is 7.24. The third-order valence-electron chi connectivity index (χ3n) is 2.36. The Labute approximate surface area is 90.6 Å². The lowest BCUT2D eigenvalue weighted by atomic mass is 10.1. The molecule has 15 heavy (non-hydrogen) atoms. The van der Waals surface area contributed by atoms with Crippen molar-refractivity contribution in [1.82, 2.24) is 0 Å². The van der Waals surface area contributed by atoms with E-state index in [2.05, 4.69) is 6.58 Å². The van der Waals surface area contributed by atoms with Gasteiger partial charge in [0.25, 0.3) is 0 Å². The first kappa shape index (κ1) is 11.4. The first-order valence-corrected chi connectivity index (χ1v) is 4.87. The minimum Gasteiger partial charge on any atom is -0.288 e. The molecular formula is C13H16NO+. The second-order valence-corrected chi connectivity index (χ2v) is 3.50. The summed E-state index contributed by atoms with van der Waals surface area (Å²) in [6, 6.07) is 5.71. The minimum absolute atomic E-state index is 0.0748. The molecule has 1 aromatic heterocycles. The van der Waals surface area contributed by atoms with Gasteiger partial charge in [0.15, 0.2) is 0 Å². The van der Waals surface area contributed by atoms with E-state index in [0.29, 0.717) is 5.69 Å². The molecule has 1 aromatic rings. The molecule has 2 nitrogen and oxygen atoms in total. The van der Waals surface area contributed by atoms with Gasteiger partial charge in [-0.25, -0.2) is 0 Å². The van der Waals surface area contributed by atoms with Crippen molar-refractivity contribution in [2.24, 2.45) is 7.05 Å². The number of carbonyl (C=O) groups excluding carboxylic acids is 1. The van der Waals surface area contributed by atoms with Crippen molar-refractivity contribution in [3.05, 3.63) is 48.3 Å². The van der Waals surface area contributed by atoms with Crippen LogP contribution in [-0.2, 0) is 7.05 Å². The van der Waals surface area contributed by atoms with Gasteiger partial charge in [-0.15, -0.1) is 0 Å². The van der Waals surface area contributed by atoms with Crippen molar-refractivity contribution in [2.75, 3.05) is 0 Å². The van der Waals surface area contributed by atoms with Crippen LogP contribution < -0.4 is 4.57 Å². The third-order valence-corrected chi connectivity index (χ3v) is 2.36. The van der Waals surface area contributed by atoms with Gasteiger partial charge in [0, 0.05) is 24.6 Å². The van der Waals surface area contributed by atoms with Crippen LogP contribution >= 0.6 is 0 Å². The fourth-order valence-electron chi connectivity index (χ4n) is 1.60. The molecule has 2 heteroatoms. The molecule has 0 spiro atoms. The average Bonchev–Trinajstić information content (AvgIpc) is 2.17. The van der Waals surface area contributed by atoms with E-state index in [0.717, 1.165) is 11.3 Å². The topological polar surface area (TPSA) is 20.9 Å². The summed E-state index contributed by atoms with van der Waals surface area (Å²) in [5.41, 5.74) is 2.84. The molecule has 0 saturated carbocycles. The van der Waals surface area contributed by atoms with Crippen LogP contribution in [0.1, 0.15) is 30.0 Å². The summed E-state index contributed by atoms with van der Waals surface area (Å²) in [5.74, 6) is 0.0748. The highest BCUT2D eigenvalue weighted by Crippen LogP contribution is 2.09. The van der Waals surface area contributed by atoms with Gasteiger partial charge < -0.3 is 0 Å². The number of allylic oxidation sites excluding steroid dienone is 3. The molecule has 78 valence electrons. The molecule has 1 rings (SSSR count). The van der Waals surface area contributed by atoms with Gasteiger partial charge in [0.2, 0.25) is 17.2 Å². The lowest BCUT2D eigenvalue weighted by Crippen LogP contribution is -2.39. The summed E-state index contributed by atoms with van der Waals surface area (Å²) in [5, 5.41) is 0. The van der Waals surface area contributed by atoms with E-state index in [1.807, 2.05) is 42.8 Å². The fraction of sp³-hybridized carbons (Fsp3) is 0.231. The monoisotopic (exact) mass is 202 g/mol. The van der Waals surface area contributed by atoms with Gasteiger partial charge in [-0.3, -0.25) is 4.79 Å². The maximum absolute atomic E-state index is 11.3. The Hall–Kier alpha value is -1.70. The SMILES string of the molecule is C=CC=C(C)c1cccc(C(C)=O)[n+]1C. The van der Waals surface area contributed by atoms with E-state index >= 15 is 0 Å². The molecule has 0 radical (unpaired) electrons. The Balaban J connectivity index is 3.33. The van der Waals surface area contributed by atoms with Crippen LogP contribution in [0.25, 0.3) is 5.57 Å². The molecule has 0 aliphatic rings. The lowest BCUT2D eigenvalue weighted by Gasteiger charge is -2.02. The number of hydrogen-bond donors (Lipinski definition) is 0. The van der Waals surface area contributed by atoms with Crippen LogP contribution in [0.2, 0.25) is 0 Å². The highest BCUT2D eigenvalue weighted by atomic mass is 16.1. The van der Waals surface area contributed by atoms with E-state index in [4.69, 9.17) is 0 Å². The van der Waals surface area contributed by atoms with Crippen LogP contribution in [0.4, 0.5) is 0 Å². The van der Waals surface area contributed by atoms with Crippen molar-refractivity contribution in [3.8, 4) is 0 Å². The van der Waals surface area contributed by atoms with Gasteiger partial charge in [-0.1, -0.05) is 18.7 Å². The molecule has 0 bridgehead atoms. The van der Waals surface area contributed by atoms with Crippen molar-refractivity contribution >= 4 is 11.4 Å². The third kappa shape index (κ3) is 2.40. The van der Waals surface area contributed by atoms with E-state index in [-0.39, 0.29) is 5.78 Å². The second-order valence-electron chi connectivity index (χ2n) is 3.50. The van der Waals surface area contributed by atoms with Crippen LogP contribution in [0.5, 0.6) is 0 Å². The van der Waals surface area contributed by atoms with Crippen LogP contribution in [-0.4, -0.2) is 5.78 Å². The lowest BCUT2D eigenvalue weighted by molar-refractivity contribution is -0.675. The van der Waals surface area contributed by atoms with Crippen LogP contribution in [0, 0.1) is 0 Å². The fourth-order valence-corrected chi connectivity index (χ4v) is 1.60. The largest absolute Gasteiger partial charge is 0.288 e. The number of rotatable bonds is 3. The van der Waals surface area contributed by atoms with Gasteiger partial charge in [-0.05, 0) is 13.0 Å². The molecule has 0 unspecified atom stereocenters. The van der Waals surface area contributed by atoms with Crippen molar-refractivity contribution in [3.63, 3.8) is 0 Å². The number of Topliss-reactive ketones (excluding diaryl/α,β-unsaturated/α-hetero) is 1. The predicted octanol–water partition coefficient (Wildman–Crippen LogP) is 2.30. The smallest absolute Gasteiger partial charge is 0.248 e. The first-order chi connectivity index (χ1) is 7.07. The van der Waals surface area contributed by atoms with Crippen molar-refractivity contribution < 1.29 is 9.36 Å². The Morgan fingerprint density at radius 1 is 1.33 bits per heavy atom. The maximum Gasteiger partial charge on any atom is 0.248 e. The Morgan fingerprint density at radius 3 is 2.47 bits per heavy atom. The van der Waals surface area contributed by atoms with Crippen LogP contribution in [0.3, 0.4) is 0 Å². The molecule has 0 aromatic carbocycles. The quantitative estimate of drug-likeness (QED) is 0.418. The van der Waals surface area contributed by atoms with E-state index < -0.39 is 0 Å². The molecule has 1 heterocycles. The molecule has 0 aliphatic heterocycles. The number of pyridine rings is 1. The Kier molecular flexibility index (Phi) is 3.56. The number of nitrogens with zero attached hydrogens (tertiary/aromatic N) is 1. The average molecular weight is 202 g/mol. The molecule has 0 saturated heterocycles. The van der Waals surface area contributed by atoms with E-state index in [1.165, 1.54) is 0 Å². The molecular weight excluding hydrogens is 186 g/mol. The number of aromatic nitrogens is 1. The van der Waals surface area contributed by atoms with Gasteiger partial charge in [-0.2, -0.15) is 4.57 Å². The number of ketones is 1. The maximum atomic E-state index is 11.3. The van der Waals surface area contributed by atoms with Crippen LogP contribution in [0.15, 0.2) is 36.9 Å². The van der Waals surface area contributed by atoms with Crippen molar-refractivity contribution in [2.45, 2.75) is 13.8 Å². The highest BCUT2D eigenvalue weighted by molar-refractivity contribution is 5.90. The minimum atomic E-state index is 0.0748. The van der Waals surface area contributed by atoms with Gasteiger partial charge in [0.1, 0.15) is 7.05 Å². The zero-order valence-corrected chi connectivity index (χ0v) is 9.45. The van der Waals surface area contributed by atoms with Gasteiger partial charge >= 0.3 is 0 Å².